The van der Waals surface area contributed by atoms with Crippen LogP contribution in [0.3, 0.4) is 0 Å². The van der Waals surface area contributed by atoms with E-state index in [9.17, 15) is 0 Å². The first-order valence-corrected chi connectivity index (χ1v) is 4.08. The van der Waals surface area contributed by atoms with Crippen LogP contribution in [-0.2, 0) is 0 Å². The quantitative estimate of drug-likeness (QED) is 0.532. The zero-order chi connectivity index (χ0) is 7.72. The standard InChI is InChI=1S/C7H14N2S/c1-5-3-6(2)9(4-5)7(8)10/h5-6H,3-4H2,1-2H3,(H2,8,10). The van der Waals surface area contributed by atoms with Gasteiger partial charge < -0.3 is 10.6 Å². The first kappa shape index (κ1) is 7.79. The van der Waals surface area contributed by atoms with Crippen LogP contribution in [0.5, 0.6) is 0 Å². The molecule has 2 unspecified atom stereocenters. The zero-order valence-electron chi connectivity index (χ0n) is 6.50. The summed E-state index contributed by atoms with van der Waals surface area (Å²) in [5.74, 6) is 0.747. The van der Waals surface area contributed by atoms with Crippen molar-refractivity contribution >= 4 is 17.3 Å². The van der Waals surface area contributed by atoms with Gasteiger partial charge in [-0.15, -0.1) is 0 Å². The number of hydrogen-bond acceptors (Lipinski definition) is 1. The molecule has 1 heterocycles. The van der Waals surface area contributed by atoms with Crippen molar-refractivity contribution in [1.29, 1.82) is 0 Å². The third-order valence-electron chi connectivity index (χ3n) is 2.07. The van der Waals surface area contributed by atoms with Gasteiger partial charge in [0, 0.05) is 12.6 Å². The van der Waals surface area contributed by atoms with Gasteiger partial charge in [0.25, 0.3) is 0 Å². The Morgan fingerprint density at radius 1 is 1.60 bits per heavy atom. The van der Waals surface area contributed by atoms with Gasteiger partial charge in [-0.3, -0.25) is 0 Å². The molecule has 1 saturated heterocycles. The molecule has 10 heavy (non-hydrogen) atoms. The third-order valence-corrected chi connectivity index (χ3v) is 2.30. The second-order valence-electron chi connectivity index (χ2n) is 3.18. The lowest BCUT2D eigenvalue weighted by Crippen LogP contribution is -2.37. The number of nitrogens with zero attached hydrogens (tertiary/aromatic N) is 1. The molecule has 0 aromatic heterocycles. The summed E-state index contributed by atoms with van der Waals surface area (Å²) in [5.41, 5.74) is 5.51. The maximum absolute atomic E-state index is 5.51. The smallest absolute Gasteiger partial charge is 0.166 e. The average molecular weight is 158 g/mol. The molecule has 1 rings (SSSR count). The molecular weight excluding hydrogens is 144 g/mol. The Balaban J connectivity index is 2.54. The molecule has 2 nitrogen and oxygen atoms in total. The second-order valence-corrected chi connectivity index (χ2v) is 3.60. The highest BCUT2D eigenvalue weighted by Gasteiger charge is 2.26. The van der Waals surface area contributed by atoms with Crippen molar-refractivity contribution in [1.82, 2.24) is 4.90 Å². The first-order valence-electron chi connectivity index (χ1n) is 3.67. The van der Waals surface area contributed by atoms with Crippen molar-refractivity contribution in [3.8, 4) is 0 Å². The molecule has 0 aromatic rings. The third kappa shape index (κ3) is 1.40. The molecule has 0 aliphatic carbocycles. The van der Waals surface area contributed by atoms with Crippen LogP contribution in [-0.4, -0.2) is 22.6 Å². The summed E-state index contributed by atoms with van der Waals surface area (Å²) in [6.45, 7) is 5.44. The van der Waals surface area contributed by atoms with Crippen molar-refractivity contribution in [3.63, 3.8) is 0 Å². The highest BCUT2D eigenvalue weighted by Crippen LogP contribution is 2.21. The molecular formula is C7H14N2S. The number of thiocarbonyl (C=S) groups is 1. The van der Waals surface area contributed by atoms with Gasteiger partial charge >= 0.3 is 0 Å². The summed E-state index contributed by atoms with van der Waals surface area (Å²) in [6.07, 6.45) is 1.22. The SMILES string of the molecule is CC1CC(C)N(C(N)=S)C1. The van der Waals surface area contributed by atoms with Crippen LogP contribution >= 0.6 is 12.2 Å². The zero-order valence-corrected chi connectivity index (χ0v) is 7.32. The molecule has 2 N–H and O–H groups in total. The molecule has 0 saturated carbocycles. The minimum absolute atomic E-state index is 0.549. The second kappa shape index (κ2) is 2.74. The Morgan fingerprint density at radius 3 is 2.40 bits per heavy atom. The summed E-state index contributed by atoms with van der Waals surface area (Å²) in [6, 6.07) is 0.549. The molecule has 0 bridgehead atoms. The molecule has 0 spiro atoms. The predicted octanol–water partition coefficient (Wildman–Crippen LogP) is 0.960. The van der Waals surface area contributed by atoms with E-state index in [0.717, 1.165) is 12.5 Å². The number of hydrogen-bond donors (Lipinski definition) is 1. The van der Waals surface area contributed by atoms with E-state index in [0.29, 0.717) is 11.2 Å². The van der Waals surface area contributed by atoms with Gasteiger partial charge in [0.05, 0.1) is 0 Å². The number of rotatable bonds is 0. The lowest BCUT2D eigenvalue weighted by atomic mass is 10.1. The minimum atomic E-state index is 0.549. The minimum Gasteiger partial charge on any atom is -0.376 e. The largest absolute Gasteiger partial charge is 0.376 e. The molecule has 1 aliphatic rings. The van der Waals surface area contributed by atoms with Crippen molar-refractivity contribution in [2.45, 2.75) is 26.3 Å². The van der Waals surface area contributed by atoms with Gasteiger partial charge in [0.2, 0.25) is 0 Å². The van der Waals surface area contributed by atoms with Crippen LogP contribution < -0.4 is 5.73 Å². The van der Waals surface area contributed by atoms with Gasteiger partial charge in [-0.1, -0.05) is 6.92 Å². The molecule has 0 aromatic carbocycles. The Bertz CT molecular complexity index is 147. The normalized spacial score (nSPS) is 32.8. The number of nitrogens with two attached hydrogens (primary N) is 1. The summed E-state index contributed by atoms with van der Waals surface area (Å²) in [4.78, 5) is 2.10. The fourth-order valence-electron chi connectivity index (χ4n) is 1.61. The number of likely N-dealkylation sites (tertiary alicyclic amines) is 1. The van der Waals surface area contributed by atoms with E-state index in [1.807, 2.05) is 0 Å². The summed E-state index contributed by atoms with van der Waals surface area (Å²) < 4.78 is 0. The summed E-state index contributed by atoms with van der Waals surface area (Å²) in [5, 5.41) is 0.553. The van der Waals surface area contributed by atoms with Gasteiger partial charge in [-0.05, 0) is 31.5 Å². The van der Waals surface area contributed by atoms with Gasteiger partial charge in [0.15, 0.2) is 5.11 Å². The molecule has 1 aliphatic heterocycles. The van der Waals surface area contributed by atoms with Crippen molar-refractivity contribution in [2.75, 3.05) is 6.54 Å². The maximum atomic E-state index is 5.51. The van der Waals surface area contributed by atoms with Gasteiger partial charge in [-0.25, -0.2) is 0 Å². The predicted molar refractivity (Wildman–Crippen MR) is 46.7 cm³/mol. The van der Waals surface area contributed by atoms with E-state index < -0.39 is 0 Å². The molecule has 3 heteroatoms. The van der Waals surface area contributed by atoms with Gasteiger partial charge in [0.1, 0.15) is 0 Å². The highest BCUT2D eigenvalue weighted by molar-refractivity contribution is 7.80. The van der Waals surface area contributed by atoms with Crippen molar-refractivity contribution < 1.29 is 0 Å². The fraction of sp³-hybridized carbons (Fsp3) is 0.857. The van der Waals surface area contributed by atoms with Crippen LogP contribution in [0.1, 0.15) is 20.3 Å². The summed E-state index contributed by atoms with van der Waals surface area (Å²) >= 11 is 4.89. The van der Waals surface area contributed by atoms with Crippen LogP contribution in [0.15, 0.2) is 0 Å². The first-order chi connectivity index (χ1) is 4.61. The van der Waals surface area contributed by atoms with E-state index in [1.165, 1.54) is 6.42 Å². The van der Waals surface area contributed by atoms with Gasteiger partial charge in [-0.2, -0.15) is 0 Å². The van der Waals surface area contributed by atoms with E-state index in [2.05, 4.69) is 18.7 Å². The molecule has 0 radical (unpaired) electrons. The molecule has 0 amide bonds. The maximum Gasteiger partial charge on any atom is 0.166 e. The topological polar surface area (TPSA) is 29.3 Å². The van der Waals surface area contributed by atoms with E-state index in [-0.39, 0.29) is 0 Å². The van der Waals surface area contributed by atoms with E-state index in [1.54, 1.807) is 0 Å². The van der Waals surface area contributed by atoms with Crippen LogP contribution in [0.25, 0.3) is 0 Å². The Kier molecular flexibility index (Phi) is 2.14. The highest BCUT2D eigenvalue weighted by atomic mass is 32.1. The van der Waals surface area contributed by atoms with E-state index >= 15 is 0 Å². The molecule has 58 valence electrons. The van der Waals surface area contributed by atoms with Crippen LogP contribution in [0, 0.1) is 5.92 Å². The van der Waals surface area contributed by atoms with Crippen molar-refractivity contribution in [2.24, 2.45) is 11.7 Å². The fourth-order valence-corrected chi connectivity index (χ4v) is 1.86. The van der Waals surface area contributed by atoms with Crippen molar-refractivity contribution in [3.05, 3.63) is 0 Å². The Morgan fingerprint density at radius 2 is 2.20 bits per heavy atom. The van der Waals surface area contributed by atoms with E-state index in [4.69, 9.17) is 18.0 Å². The molecule has 1 fully saturated rings. The Labute approximate surface area is 67.4 Å². The lowest BCUT2D eigenvalue weighted by Gasteiger charge is -2.20. The lowest BCUT2D eigenvalue weighted by molar-refractivity contribution is 0.414. The average Bonchev–Trinajstić information content (AvgIpc) is 2.10. The Hall–Kier alpha value is -0.310. The molecule has 2 atom stereocenters. The van der Waals surface area contributed by atoms with Crippen LogP contribution in [0.2, 0.25) is 0 Å². The monoisotopic (exact) mass is 158 g/mol. The summed E-state index contributed by atoms with van der Waals surface area (Å²) in [7, 11) is 0. The van der Waals surface area contributed by atoms with Crippen LogP contribution in [0.4, 0.5) is 0 Å².